The quantitative estimate of drug-likeness (QED) is 0.908. The van der Waals surface area contributed by atoms with Crippen molar-refractivity contribution in [3.05, 3.63) is 70.7 Å². The molecule has 0 aliphatic heterocycles. The summed E-state index contributed by atoms with van der Waals surface area (Å²) in [6.45, 7) is 3.09. The Kier molecular flexibility index (Phi) is 4.81. The van der Waals surface area contributed by atoms with Gasteiger partial charge < -0.3 is 5.11 Å². The van der Waals surface area contributed by atoms with E-state index in [0.29, 0.717) is 13.1 Å². The Bertz CT molecular complexity index is 554. The molecule has 0 heterocycles. The number of likely N-dealkylation sites (N-methyl/N-ethyl adjacent to an activating group) is 1. The largest absolute Gasteiger partial charge is 0.384 e. The average Bonchev–Trinajstić information content (AvgIpc) is 2.42. The first kappa shape index (κ1) is 15.0. The van der Waals surface area contributed by atoms with Crippen LogP contribution in [0.3, 0.4) is 0 Å². The van der Waals surface area contributed by atoms with E-state index >= 15 is 0 Å². The SMILES string of the molecule is CN(Cc1ccccc1Cl)CC(C)(O)c1ccccc1. The van der Waals surface area contributed by atoms with Gasteiger partial charge in [0.25, 0.3) is 0 Å². The summed E-state index contributed by atoms with van der Waals surface area (Å²) < 4.78 is 0. The third-order valence-corrected chi connectivity index (χ3v) is 3.74. The molecule has 0 aliphatic rings. The summed E-state index contributed by atoms with van der Waals surface area (Å²) >= 11 is 6.17. The highest BCUT2D eigenvalue weighted by molar-refractivity contribution is 6.31. The zero-order valence-electron chi connectivity index (χ0n) is 11.9. The van der Waals surface area contributed by atoms with Gasteiger partial charge in [0.05, 0.1) is 5.60 Å². The molecule has 1 unspecified atom stereocenters. The number of benzene rings is 2. The fraction of sp³-hybridized carbons (Fsp3) is 0.294. The van der Waals surface area contributed by atoms with Gasteiger partial charge in [-0.1, -0.05) is 60.1 Å². The maximum Gasteiger partial charge on any atom is 0.0994 e. The minimum Gasteiger partial charge on any atom is -0.384 e. The summed E-state index contributed by atoms with van der Waals surface area (Å²) in [4.78, 5) is 2.08. The van der Waals surface area contributed by atoms with E-state index in [1.807, 2.05) is 68.6 Å². The summed E-state index contributed by atoms with van der Waals surface area (Å²) in [7, 11) is 1.99. The van der Waals surface area contributed by atoms with Crippen molar-refractivity contribution >= 4 is 11.6 Å². The van der Waals surface area contributed by atoms with Crippen molar-refractivity contribution in [3.63, 3.8) is 0 Å². The minimum absolute atomic E-state index is 0.544. The minimum atomic E-state index is -0.878. The molecule has 3 heteroatoms. The molecule has 0 radical (unpaired) electrons. The molecule has 1 atom stereocenters. The van der Waals surface area contributed by atoms with E-state index in [1.165, 1.54) is 0 Å². The zero-order valence-corrected chi connectivity index (χ0v) is 12.6. The van der Waals surface area contributed by atoms with E-state index in [-0.39, 0.29) is 0 Å². The fourth-order valence-corrected chi connectivity index (χ4v) is 2.58. The Morgan fingerprint density at radius 1 is 1.05 bits per heavy atom. The number of hydrogen-bond donors (Lipinski definition) is 1. The Morgan fingerprint density at radius 2 is 1.65 bits per heavy atom. The van der Waals surface area contributed by atoms with Crippen LogP contribution in [0.5, 0.6) is 0 Å². The van der Waals surface area contributed by atoms with Gasteiger partial charge in [0, 0.05) is 18.1 Å². The van der Waals surface area contributed by atoms with E-state index in [0.717, 1.165) is 16.1 Å². The highest BCUT2D eigenvalue weighted by Gasteiger charge is 2.24. The standard InChI is InChI=1S/C17H20ClNO/c1-17(20,15-9-4-3-5-10-15)13-19(2)12-14-8-6-7-11-16(14)18/h3-11,20H,12-13H2,1-2H3. The Morgan fingerprint density at radius 3 is 2.30 bits per heavy atom. The number of nitrogens with zero attached hydrogens (tertiary/aromatic N) is 1. The Balaban J connectivity index is 2.04. The van der Waals surface area contributed by atoms with E-state index in [9.17, 15) is 5.11 Å². The topological polar surface area (TPSA) is 23.5 Å². The third kappa shape index (κ3) is 3.83. The zero-order chi connectivity index (χ0) is 14.6. The van der Waals surface area contributed by atoms with Gasteiger partial charge in [0.15, 0.2) is 0 Å². The molecular formula is C17H20ClNO. The first-order valence-electron chi connectivity index (χ1n) is 6.69. The second kappa shape index (κ2) is 6.40. The lowest BCUT2D eigenvalue weighted by atomic mass is 9.95. The van der Waals surface area contributed by atoms with E-state index in [2.05, 4.69) is 4.90 Å². The predicted molar refractivity (Wildman–Crippen MR) is 83.8 cm³/mol. The van der Waals surface area contributed by atoms with Crippen molar-refractivity contribution in [1.29, 1.82) is 0 Å². The van der Waals surface area contributed by atoms with Crippen LogP contribution in [-0.2, 0) is 12.1 Å². The molecule has 0 fully saturated rings. The normalized spacial score (nSPS) is 14.2. The van der Waals surface area contributed by atoms with E-state index in [1.54, 1.807) is 0 Å². The molecule has 2 aromatic rings. The molecule has 0 spiro atoms. The Labute approximate surface area is 125 Å². The van der Waals surface area contributed by atoms with Crippen LogP contribution in [0.2, 0.25) is 5.02 Å². The average molecular weight is 290 g/mol. The second-order valence-corrected chi connectivity index (χ2v) is 5.81. The van der Waals surface area contributed by atoms with Crippen molar-refractivity contribution < 1.29 is 5.11 Å². The lowest BCUT2D eigenvalue weighted by Gasteiger charge is -2.29. The van der Waals surface area contributed by atoms with Crippen LogP contribution in [0.1, 0.15) is 18.1 Å². The molecule has 2 nitrogen and oxygen atoms in total. The molecule has 0 aromatic heterocycles. The molecule has 0 amide bonds. The molecule has 0 aliphatic carbocycles. The van der Waals surface area contributed by atoms with Crippen molar-refractivity contribution in [3.8, 4) is 0 Å². The molecule has 20 heavy (non-hydrogen) atoms. The van der Waals surface area contributed by atoms with E-state index in [4.69, 9.17) is 11.6 Å². The number of aliphatic hydroxyl groups is 1. The van der Waals surface area contributed by atoms with Gasteiger partial charge in [-0.3, -0.25) is 4.90 Å². The molecule has 1 N–H and O–H groups in total. The molecular weight excluding hydrogens is 270 g/mol. The van der Waals surface area contributed by atoms with Gasteiger partial charge in [-0.15, -0.1) is 0 Å². The monoisotopic (exact) mass is 289 g/mol. The van der Waals surface area contributed by atoms with Gasteiger partial charge in [0.2, 0.25) is 0 Å². The van der Waals surface area contributed by atoms with Crippen LogP contribution in [0.4, 0.5) is 0 Å². The molecule has 0 saturated carbocycles. The summed E-state index contributed by atoms with van der Waals surface area (Å²) in [6, 6.07) is 17.5. The van der Waals surface area contributed by atoms with Gasteiger partial charge in [-0.25, -0.2) is 0 Å². The van der Waals surface area contributed by atoms with Crippen LogP contribution in [0.15, 0.2) is 54.6 Å². The summed E-state index contributed by atoms with van der Waals surface area (Å²) in [5, 5.41) is 11.4. The number of rotatable bonds is 5. The lowest BCUT2D eigenvalue weighted by molar-refractivity contribution is 0.0214. The van der Waals surface area contributed by atoms with Crippen molar-refractivity contribution in [2.45, 2.75) is 19.1 Å². The summed E-state index contributed by atoms with van der Waals surface area (Å²) in [5.74, 6) is 0. The maximum atomic E-state index is 10.6. The summed E-state index contributed by atoms with van der Waals surface area (Å²) in [6.07, 6.45) is 0. The van der Waals surface area contributed by atoms with Gasteiger partial charge in [0.1, 0.15) is 0 Å². The first-order valence-corrected chi connectivity index (χ1v) is 7.07. The van der Waals surface area contributed by atoms with Crippen molar-refractivity contribution in [1.82, 2.24) is 4.90 Å². The summed E-state index contributed by atoms with van der Waals surface area (Å²) in [5.41, 5.74) is 1.11. The number of hydrogen-bond acceptors (Lipinski definition) is 2. The van der Waals surface area contributed by atoms with Gasteiger partial charge in [-0.05, 0) is 31.2 Å². The number of halogens is 1. The fourth-order valence-electron chi connectivity index (χ4n) is 2.39. The molecule has 2 aromatic carbocycles. The van der Waals surface area contributed by atoms with Crippen LogP contribution in [0.25, 0.3) is 0 Å². The second-order valence-electron chi connectivity index (χ2n) is 5.40. The lowest BCUT2D eigenvalue weighted by Crippen LogP contribution is -2.36. The van der Waals surface area contributed by atoms with E-state index < -0.39 is 5.60 Å². The van der Waals surface area contributed by atoms with Gasteiger partial charge in [-0.2, -0.15) is 0 Å². The highest BCUT2D eigenvalue weighted by Crippen LogP contribution is 2.23. The molecule has 106 valence electrons. The van der Waals surface area contributed by atoms with Crippen LogP contribution < -0.4 is 0 Å². The van der Waals surface area contributed by atoms with Crippen molar-refractivity contribution in [2.75, 3.05) is 13.6 Å². The molecule has 0 bridgehead atoms. The van der Waals surface area contributed by atoms with Crippen LogP contribution >= 0.6 is 11.6 Å². The Hall–Kier alpha value is -1.35. The first-order chi connectivity index (χ1) is 9.49. The molecule has 0 saturated heterocycles. The third-order valence-electron chi connectivity index (χ3n) is 3.37. The highest BCUT2D eigenvalue weighted by atomic mass is 35.5. The van der Waals surface area contributed by atoms with Gasteiger partial charge >= 0.3 is 0 Å². The van der Waals surface area contributed by atoms with Crippen molar-refractivity contribution in [2.24, 2.45) is 0 Å². The predicted octanol–water partition coefficient (Wildman–Crippen LogP) is 3.68. The van der Waals surface area contributed by atoms with Crippen LogP contribution in [0, 0.1) is 0 Å². The molecule has 2 rings (SSSR count). The maximum absolute atomic E-state index is 10.6. The smallest absolute Gasteiger partial charge is 0.0994 e. The van der Waals surface area contributed by atoms with Crippen LogP contribution in [-0.4, -0.2) is 23.6 Å².